The molecule has 0 radical (unpaired) electrons. The summed E-state index contributed by atoms with van der Waals surface area (Å²) in [6, 6.07) is 31.4. The Labute approximate surface area is 495 Å². The molecular weight excluding hydrogens is 1060 g/mol. The summed E-state index contributed by atoms with van der Waals surface area (Å²) in [5.74, 6) is 2.12. The predicted molar refractivity (Wildman–Crippen MR) is 334 cm³/mol. The third-order valence-corrected chi connectivity index (χ3v) is 16.9. The average molecular weight is 1140 g/mol. The molecule has 4 saturated heterocycles. The van der Waals surface area contributed by atoms with Crippen molar-refractivity contribution in [3.63, 3.8) is 0 Å². The van der Waals surface area contributed by atoms with Gasteiger partial charge in [0.05, 0.1) is 24.5 Å². The number of likely N-dealkylation sites (tertiary alicyclic amines) is 2. The third kappa shape index (κ3) is 14.2. The van der Waals surface area contributed by atoms with Crippen LogP contribution in [-0.2, 0) is 35.8 Å². The molecule has 6 aromatic rings. The summed E-state index contributed by atoms with van der Waals surface area (Å²) in [6.07, 6.45) is 9.26. The van der Waals surface area contributed by atoms with Gasteiger partial charge in [0.1, 0.15) is 30.9 Å². The number of piperidine rings is 1. The van der Waals surface area contributed by atoms with Crippen molar-refractivity contribution < 1.29 is 19.1 Å². The molecule has 18 heteroatoms. The minimum atomic E-state index is -0.509. The smallest absolute Gasteiger partial charge is 0.318 e. The van der Waals surface area contributed by atoms with Gasteiger partial charge in [0, 0.05) is 97.1 Å². The van der Waals surface area contributed by atoms with Crippen molar-refractivity contribution in [1.82, 2.24) is 34.6 Å². The molecule has 17 nitrogen and oxygen atoms in total. The molecule has 12 rings (SSSR count). The van der Waals surface area contributed by atoms with Gasteiger partial charge in [-0.15, -0.1) is 0 Å². The normalized spacial score (nSPS) is 20.1. The number of aromatic nitrogens is 4. The van der Waals surface area contributed by atoms with E-state index in [2.05, 4.69) is 151 Å². The Morgan fingerprint density at radius 1 is 0.590 bits per heavy atom. The lowest BCUT2D eigenvalue weighted by Gasteiger charge is -2.40. The molecule has 0 spiro atoms. The number of carbonyl (C=O) groups excluding carboxylic acids is 2. The number of piperazine rings is 1. The number of allylic oxidation sites excluding steroid dienone is 1. The predicted octanol–water partition coefficient (Wildman–Crippen LogP) is 10.7. The second-order valence-corrected chi connectivity index (χ2v) is 22.2. The Balaban J connectivity index is 0.000000197. The first-order valence-electron chi connectivity index (χ1n) is 28.3. The SMILES string of the molecule is C.C.C=CC(=O)Cl.[C-]#[N+]C[C@@H]1CCCN(c2nc(OC[C@@H]3CCCN3C)nc3c2CN(c2cccc4ccccc24)C3)C1.[C-]#[N+]C[C@H]1CN(c2nc(OC[C@@H]3CCCN3C)nc3c2CN(c2cccc4ccccc24)C3)CCN1C(=O)C=C. The second kappa shape index (κ2) is 28.4. The zero-order chi connectivity index (χ0) is 56.4. The van der Waals surface area contributed by atoms with Crippen LogP contribution in [0.2, 0.25) is 0 Å². The fourth-order valence-electron chi connectivity index (χ4n) is 12.4. The summed E-state index contributed by atoms with van der Waals surface area (Å²) in [7, 11) is 4.31. The Kier molecular flexibility index (Phi) is 21.0. The van der Waals surface area contributed by atoms with Crippen LogP contribution in [0.3, 0.4) is 0 Å². The number of hydrogen-bond donors (Lipinski definition) is 0. The lowest BCUT2D eigenvalue weighted by Crippen LogP contribution is -2.56. The topological polar surface area (TPSA) is 136 Å². The van der Waals surface area contributed by atoms with Gasteiger partial charge in [-0.1, -0.05) is 101 Å². The maximum absolute atomic E-state index is 12.5. The van der Waals surface area contributed by atoms with Crippen molar-refractivity contribution in [3.05, 3.63) is 156 Å². The Bertz CT molecular complexity index is 3340. The maximum Gasteiger partial charge on any atom is 0.318 e. The van der Waals surface area contributed by atoms with E-state index < -0.39 is 5.24 Å². The Morgan fingerprint density at radius 3 is 1.54 bits per heavy atom. The van der Waals surface area contributed by atoms with E-state index >= 15 is 0 Å². The van der Waals surface area contributed by atoms with Crippen LogP contribution in [0.4, 0.5) is 23.0 Å². The molecule has 6 aliphatic heterocycles. The van der Waals surface area contributed by atoms with Crippen molar-refractivity contribution in [3.8, 4) is 12.0 Å². The fraction of sp³-hybridized carbons (Fsp3) is 0.446. The number of carbonyl (C=O) groups is 2. The van der Waals surface area contributed by atoms with Crippen LogP contribution in [0.5, 0.6) is 12.0 Å². The molecule has 4 aromatic carbocycles. The highest BCUT2D eigenvalue weighted by Crippen LogP contribution is 2.40. The van der Waals surface area contributed by atoms with Crippen LogP contribution < -0.4 is 29.1 Å². The van der Waals surface area contributed by atoms with E-state index in [0.29, 0.717) is 82.5 Å². The summed E-state index contributed by atoms with van der Waals surface area (Å²) >= 11 is 4.71. The molecule has 4 fully saturated rings. The number of amides is 1. The summed E-state index contributed by atoms with van der Waals surface area (Å²) in [5.41, 5.74) is 6.73. The minimum absolute atomic E-state index is 0. The zero-order valence-corrected chi connectivity index (χ0v) is 47.4. The molecule has 0 unspecified atom stereocenters. The van der Waals surface area contributed by atoms with Crippen molar-refractivity contribution >= 4 is 67.3 Å². The van der Waals surface area contributed by atoms with Crippen molar-refractivity contribution in [2.45, 2.75) is 97.7 Å². The van der Waals surface area contributed by atoms with E-state index in [4.69, 9.17) is 54.2 Å². The van der Waals surface area contributed by atoms with Crippen LogP contribution >= 0.6 is 11.6 Å². The highest BCUT2D eigenvalue weighted by atomic mass is 35.5. The molecule has 436 valence electrons. The van der Waals surface area contributed by atoms with E-state index in [-0.39, 0.29) is 33.3 Å². The summed E-state index contributed by atoms with van der Waals surface area (Å²) in [4.78, 5) is 65.0. The molecule has 83 heavy (non-hydrogen) atoms. The molecule has 0 N–H and O–H groups in total. The standard InChI is InChI=1S/C31H35N7O2.C29H34N6O.C3H3ClO.2CH4/c1-4-29(39)38-16-15-36(18-24(38)17-32-2)30-26-19-37(28-13-7-10-22-9-5-6-12-25(22)28)20-27(26)33-31(34-30)40-21-23-11-8-14-35(23)3;1-30-16-21-8-6-15-34(17-21)28-25-18-35(27-13-5-10-22-9-3-4-12-24(22)27)19-26(25)31-29(32-28)36-20-23-11-7-14-33(23)2;1-2-3(4)5;;/h4-7,9-10,12-13,23-24H,1,8,11,14-21H2,3H3;3-5,9-10,12-13,21,23H,6-8,11,14-20H2,2H3;2H,1H2;2*1H4/t23-,24-;21-,23-;;;/m00.../s1. The summed E-state index contributed by atoms with van der Waals surface area (Å²) in [5, 5.41) is 4.42. The first-order valence-corrected chi connectivity index (χ1v) is 28.7. The zero-order valence-electron chi connectivity index (χ0n) is 46.6. The van der Waals surface area contributed by atoms with Gasteiger partial charge < -0.3 is 53.5 Å². The van der Waals surface area contributed by atoms with Gasteiger partial charge in [0.15, 0.2) is 0 Å². The van der Waals surface area contributed by atoms with E-state index in [1.807, 2.05) is 0 Å². The highest BCUT2D eigenvalue weighted by Gasteiger charge is 2.37. The first kappa shape index (κ1) is 61.2. The van der Waals surface area contributed by atoms with E-state index in [1.54, 1.807) is 4.90 Å². The number of hydrogen-bond acceptors (Lipinski definition) is 14. The molecule has 0 bridgehead atoms. The average Bonchev–Trinajstić information content (AvgIpc) is 4.52. The van der Waals surface area contributed by atoms with Gasteiger partial charge in [-0.05, 0) is 112 Å². The summed E-state index contributed by atoms with van der Waals surface area (Å²) in [6.45, 7) is 32.2. The van der Waals surface area contributed by atoms with Crippen LogP contribution in [0.25, 0.3) is 31.2 Å². The maximum atomic E-state index is 12.5. The highest BCUT2D eigenvalue weighted by molar-refractivity contribution is 6.66. The second-order valence-electron chi connectivity index (χ2n) is 21.9. The number of likely N-dealkylation sites (N-methyl/N-ethyl adjacent to an activating group) is 2. The minimum Gasteiger partial charge on any atom is -0.462 e. The van der Waals surface area contributed by atoms with Crippen molar-refractivity contribution in [1.29, 1.82) is 0 Å². The lowest BCUT2D eigenvalue weighted by atomic mass is 9.98. The molecule has 1 amide bonds. The van der Waals surface area contributed by atoms with Gasteiger partial charge in [0.25, 0.3) is 0 Å². The number of halogens is 1. The molecule has 4 atom stereocenters. The van der Waals surface area contributed by atoms with Gasteiger partial charge in [-0.3, -0.25) is 9.59 Å². The number of benzene rings is 4. The van der Waals surface area contributed by atoms with Gasteiger partial charge in [-0.2, -0.15) is 19.9 Å². The van der Waals surface area contributed by atoms with Crippen molar-refractivity contribution in [2.24, 2.45) is 5.92 Å². The molecule has 8 heterocycles. The largest absolute Gasteiger partial charge is 0.462 e. The number of anilines is 4. The van der Waals surface area contributed by atoms with E-state index in [9.17, 15) is 9.59 Å². The monoisotopic (exact) mass is 1140 g/mol. The van der Waals surface area contributed by atoms with Gasteiger partial charge in [0.2, 0.25) is 24.2 Å². The molecule has 6 aliphatic rings. The number of ether oxygens (including phenoxy) is 2. The van der Waals surface area contributed by atoms with Crippen molar-refractivity contribution in [2.75, 3.05) is 106 Å². The summed E-state index contributed by atoms with van der Waals surface area (Å²) < 4.78 is 12.5. The van der Waals surface area contributed by atoms with Crippen LogP contribution in [0.15, 0.2) is 110 Å². The van der Waals surface area contributed by atoms with Crippen LogP contribution in [0, 0.1) is 19.1 Å². The number of nitrogens with zero attached hydrogens (tertiary/aromatic N) is 13. The molecule has 2 aromatic heterocycles. The third-order valence-electron chi connectivity index (χ3n) is 16.7. The molecule has 0 aliphatic carbocycles. The first-order chi connectivity index (χ1) is 39.5. The molecule has 0 saturated carbocycles. The Morgan fingerprint density at radius 2 is 1.07 bits per heavy atom. The fourth-order valence-corrected chi connectivity index (χ4v) is 12.4. The van der Waals surface area contributed by atoms with Crippen LogP contribution in [-0.4, -0.2) is 150 Å². The quantitative estimate of drug-likeness (QED) is 0.0581. The van der Waals surface area contributed by atoms with E-state index in [0.717, 1.165) is 99.6 Å². The number of rotatable bonds is 14. The van der Waals surface area contributed by atoms with Gasteiger partial charge >= 0.3 is 12.0 Å². The van der Waals surface area contributed by atoms with Gasteiger partial charge in [-0.25, -0.2) is 13.1 Å². The molecular formula is C65H80ClN13O4. The lowest BCUT2D eigenvalue weighted by molar-refractivity contribution is -0.128. The van der Waals surface area contributed by atoms with Crippen LogP contribution in [0.1, 0.15) is 75.9 Å². The number of fused-ring (bicyclic) bond motifs is 4. The Hall–Kier alpha value is -7.83. The van der Waals surface area contributed by atoms with E-state index in [1.165, 1.54) is 57.4 Å².